The molecule has 5 heteroatoms. The second-order valence-electron chi connectivity index (χ2n) is 4.59. The molecular weight excluding hydrogens is 326 g/mol. The zero-order chi connectivity index (χ0) is 14.0. The third-order valence-corrected chi connectivity index (χ3v) is 4.10. The second-order valence-corrected chi connectivity index (χ2v) is 5.56. The number of hydrogen-bond acceptors (Lipinski definition) is 2. The Kier molecular flexibility index (Phi) is 4.53. The lowest BCUT2D eigenvalue weighted by Crippen LogP contribution is -2.20. The molecule has 0 unspecified atom stereocenters. The van der Waals surface area contributed by atoms with Crippen LogP contribution in [-0.4, -0.2) is 16.8 Å². The van der Waals surface area contributed by atoms with Crippen LogP contribution in [-0.2, 0) is 18.9 Å². The van der Waals surface area contributed by atoms with Crippen LogP contribution < -0.4 is 4.90 Å². The van der Waals surface area contributed by atoms with E-state index in [2.05, 4.69) is 39.0 Å². The van der Waals surface area contributed by atoms with Gasteiger partial charge in [-0.15, -0.1) is 0 Å². The van der Waals surface area contributed by atoms with Crippen LogP contribution >= 0.6 is 27.5 Å². The van der Waals surface area contributed by atoms with Crippen molar-refractivity contribution in [2.75, 3.05) is 11.9 Å². The van der Waals surface area contributed by atoms with Gasteiger partial charge in [0, 0.05) is 36.6 Å². The average Bonchev–Trinajstić information content (AvgIpc) is 2.66. The van der Waals surface area contributed by atoms with Gasteiger partial charge < -0.3 is 4.90 Å². The Morgan fingerprint density at radius 2 is 2.05 bits per heavy atom. The van der Waals surface area contributed by atoms with Crippen LogP contribution in [0.15, 0.2) is 24.3 Å². The fourth-order valence-corrected chi connectivity index (χ4v) is 3.13. The highest BCUT2D eigenvalue weighted by Crippen LogP contribution is 2.27. The van der Waals surface area contributed by atoms with Crippen molar-refractivity contribution in [3.05, 3.63) is 46.1 Å². The Balaban J connectivity index is 2.30. The maximum absolute atomic E-state index is 6.22. The Hall–Kier alpha value is -1.000. The highest BCUT2D eigenvalue weighted by molar-refractivity contribution is 9.08. The first kappa shape index (κ1) is 14.4. The normalized spacial score (nSPS) is 10.8. The Morgan fingerprint density at radius 3 is 2.68 bits per heavy atom. The predicted octanol–water partition coefficient (Wildman–Crippen LogP) is 3.91. The van der Waals surface area contributed by atoms with Gasteiger partial charge in [0.15, 0.2) is 0 Å². The molecule has 0 N–H and O–H groups in total. The summed E-state index contributed by atoms with van der Waals surface area (Å²) in [5.74, 6) is 1.12. The van der Waals surface area contributed by atoms with Crippen LogP contribution in [0.25, 0.3) is 0 Å². The molecule has 0 spiro atoms. The van der Waals surface area contributed by atoms with Crippen molar-refractivity contribution in [1.82, 2.24) is 9.78 Å². The average molecular weight is 343 g/mol. The van der Waals surface area contributed by atoms with Gasteiger partial charge in [0.25, 0.3) is 0 Å². The molecule has 0 aliphatic rings. The molecule has 1 aromatic carbocycles. The quantitative estimate of drug-likeness (QED) is 0.785. The number of nitrogens with zero attached hydrogens (tertiary/aromatic N) is 3. The van der Waals surface area contributed by atoms with Crippen molar-refractivity contribution in [1.29, 1.82) is 0 Å². The largest absolute Gasteiger partial charge is 0.355 e. The van der Waals surface area contributed by atoms with E-state index in [4.69, 9.17) is 11.6 Å². The molecule has 0 aliphatic heterocycles. The standard InChI is InChI=1S/C14H17BrClN3/c1-10-12(8-15)14(19(3)17-10)18(2)9-11-6-4-5-7-13(11)16/h4-7H,8-9H2,1-3H3. The minimum atomic E-state index is 0.763. The Labute approximate surface area is 127 Å². The van der Waals surface area contributed by atoms with E-state index in [1.54, 1.807) is 0 Å². The van der Waals surface area contributed by atoms with E-state index in [9.17, 15) is 0 Å². The summed E-state index contributed by atoms with van der Waals surface area (Å²) in [7, 11) is 4.03. The predicted molar refractivity (Wildman–Crippen MR) is 84.1 cm³/mol. The summed E-state index contributed by atoms with van der Waals surface area (Å²) in [5, 5.41) is 6.08. The van der Waals surface area contributed by atoms with E-state index in [-0.39, 0.29) is 0 Å². The van der Waals surface area contributed by atoms with Crippen LogP contribution in [0.5, 0.6) is 0 Å². The molecule has 1 heterocycles. The summed E-state index contributed by atoms with van der Waals surface area (Å²) >= 11 is 9.75. The van der Waals surface area contributed by atoms with E-state index < -0.39 is 0 Å². The molecule has 3 nitrogen and oxygen atoms in total. The van der Waals surface area contributed by atoms with Crippen molar-refractivity contribution in [2.45, 2.75) is 18.8 Å². The van der Waals surface area contributed by atoms with Crippen molar-refractivity contribution in [2.24, 2.45) is 7.05 Å². The van der Waals surface area contributed by atoms with Crippen molar-refractivity contribution in [3.8, 4) is 0 Å². The zero-order valence-electron chi connectivity index (χ0n) is 11.3. The minimum absolute atomic E-state index is 0.763. The Morgan fingerprint density at radius 1 is 1.37 bits per heavy atom. The van der Waals surface area contributed by atoms with Gasteiger partial charge in [-0.25, -0.2) is 0 Å². The summed E-state index contributed by atoms with van der Waals surface area (Å²) in [6, 6.07) is 7.93. The maximum atomic E-state index is 6.22. The van der Waals surface area contributed by atoms with Gasteiger partial charge in [0.05, 0.1) is 5.69 Å². The van der Waals surface area contributed by atoms with E-state index in [0.717, 1.165) is 34.0 Å². The van der Waals surface area contributed by atoms with Crippen LogP contribution in [0, 0.1) is 6.92 Å². The SMILES string of the molecule is Cc1nn(C)c(N(C)Cc2ccccc2Cl)c1CBr. The third kappa shape index (κ3) is 2.95. The van der Waals surface area contributed by atoms with Crippen molar-refractivity contribution < 1.29 is 0 Å². The fraction of sp³-hybridized carbons (Fsp3) is 0.357. The molecule has 0 saturated carbocycles. The molecule has 0 amide bonds. The summed E-state index contributed by atoms with van der Waals surface area (Å²) in [6.45, 7) is 2.79. The van der Waals surface area contributed by atoms with Crippen LogP contribution in [0.1, 0.15) is 16.8 Å². The molecule has 0 aliphatic carbocycles. The summed E-state index contributed by atoms with van der Waals surface area (Å²) in [4.78, 5) is 2.18. The van der Waals surface area contributed by atoms with Gasteiger partial charge in [0.1, 0.15) is 5.82 Å². The first-order valence-corrected chi connectivity index (χ1v) is 7.57. The van der Waals surface area contributed by atoms with E-state index in [0.29, 0.717) is 0 Å². The van der Waals surface area contributed by atoms with Gasteiger partial charge >= 0.3 is 0 Å². The number of aromatic nitrogens is 2. The van der Waals surface area contributed by atoms with Crippen molar-refractivity contribution >= 4 is 33.3 Å². The smallest absolute Gasteiger partial charge is 0.130 e. The number of hydrogen-bond donors (Lipinski definition) is 0. The fourth-order valence-electron chi connectivity index (χ4n) is 2.28. The van der Waals surface area contributed by atoms with Crippen LogP contribution in [0.3, 0.4) is 0 Å². The van der Waals surface area contributed by atoms with Crippen molar-refractivity contribution in [3.63, 3.8) is 0 Å². The van der Waals surface area contributed by atoms with Crippen LogP contribution in [0.2, 0.25) is 5.02 Å². The van der Waals surface area contributed by atoms with Crippen LogP contribution in [0.4, 0.5) is 5.82 Å². The lowest BCUT2D eigenvalue weighted by molar-refractivity contribution is 0.726. The van der Waals surface area contributed by atoms with E-state index >= 15 is 0 Å². The number of benzene rings is 1. The minimum Gasteiger partial charge on any atom is -0.355 e. The van der Waals surface area contributed by atoms with E-state index in [1.807, 2.05) is 36.9 Å². The summed E-state index contributed by atoms with van der Waals surface area (Å²) < 4.78 is 1.92. The molecule has 2 aromatic rings. The zero-order valence-corrected chi connectivity index (χ0v) is 13.7. The van der Waals surface area contributed by atoms with Gasteiger partial charge in [0.2, 0.25) is 0 Å². The second kappa shape index (κ2) is 5.97. The first-order valence-electron chi connectivity index (χ1n) is 6.07. The number of aryl methyl sites for hydroxylation is 2. The highest BCUT2D eigenvalue weighted by Gasteiger charge is 2.16. The topological polar surface area (TPSA) is 21.1 Å². The van der Waals surface area contributed by atoms with Gasteiger partial charge in [-0.2, -0.15) is 5.10 Å². The molecule has 102 valence electrons. The highest BCUT2D eigenvalue weighted by atomic mass is 79.9. The maximum Gasteiger partial charge on any atom is 0.130 e. The summed E-state index contributed by atoms with van der Waals surface area (Å²) in [5.41, 5.74) is 3.39. The molecule has 2 rings (SSSR count). The third-order valence-electron chi connectivity index (χ3n) is 3.17. The lowest BCUT2D eigenvalue weighted by atomic mass is 10.2. The molecule has 0 fully saturated rings. The van der Waals surface area contributed by atoms with Gasteiger partial charge in [-0.3, -0.25) is 4.68 Å². The lowest BCUT2D eigenvalue weighted by Gasteiger charge is -2.21. The number of halogens is 2. The molecule has 0 radical (unpaired) electrons. The van der Waals surface area contributed by atoms with Gasteiger partial charge in [-0.1, -0.05) is 45.7 Å². The Bertz CT molecular complexity index is 580. The van der Waals surface area contributed by atoms with Gasteiger partial charge in [-0.05, 0) is 18.6 Å². The molecule has 0 atom stereocenters. The molecule has 0 saturated heterocycles. The van der Waals surface area contributed by atoms with E-state index in [1.165, 1.54) is 5.56 Å². The first-order chi connectivity index (χ1) is 9.04. The summed E-state index contributed by atoms with van der Waals surface area (Å²) in [6.07, 6.45) is 0. The molecular formula is C14H17BrClN3. The monoisotopic (exact) mass is 341 g/mol. The molecule has 1 aromatic heterocycles. The molecule has 0 bridgehead atoms. The number of anilines is 1. The molecule has 19 heavy (non-hydrogen) atoms. The number of rotatable bonds is 4. The number of alkyl halides is 1.